The van der Waals surface area contributed by atoms with Crippen LogP contribution in [0.15, 0.2) is 39.8 Å². The fourth-order valence-electron chi connectivity index (χ4n) is 2.72. The summed E-state index contributed by atoms with van der Waals surface area (Å²) in [7, 11) is -3.67. The molecule has 1 aliphatic heterocycles. The number of hydrogen-bond acceptors (Lipinski definition) is 6. The van der Waals surface area contributed by atoms with E-state index in [0.717, 1.165) is 25.1 Å². The summed E-state index contributed by atoms with van der Waals surface area (Å²) in [5.74, 6) is 0.174. The zero-order chi connectivity index (χ0) is 18.6. The summed E-state index contributed by atoms with van der Waals surface area (Å²) < 4.78 is 32.7. The van der Waals surface area contributed by atoms with E-state index in [1.54, 1.807) is 18.2 Å². The van der Waals surface area contributed by atoms with Gasteiger partial charge in [0.1, 0.15) is 0 Å². The van der Waals surface area contributed by atoms with Crippen molar-refractivity contribution in [3.8, 4) is 0 Å². The van der Waals surface area contributed by atoms with Crippen molar-refractivity contribution in [1.29, 1.82) is 0 Å². The van der Waals surface area contributed by atoms with Crippen LogP contribution in [0.25, 0.3) is 0 Å². The van der Waals surface area contributed by atoms with Crippen LogP contribution in [0.1, 0.15) is 35.2 Å². The second kappa shape index (κ2) is 9.32. The van der Waals surface area contributed by atoms with Crippen molar-refractivity contribution >= 4 is 28.3 Å². The van der Waals surface area contributed by atoms with Crippen LogP contribution < -0.4 is 15.4 Å². The molecule has 1 aromatic heterocycles. The highest BCUT2D eigenvalue weighted by Crippen LogP contribution is 2.14. The lowest BCUT2D eigenvalue weighted by Crippen LogP contribution is -2.36. The highest BCUT2D eigenvalue weighted by Gasteiger charge is 2.23. The summed E-state index contributed by atoms with van der Waals surface area (Å²) in [6.07, 6.45) is 1.50. The second-order valence-corrected chi connectivity index (χ2v) is 7.87. The summed E-state index contributed by atoms with van der Waals surface area (Å²) in [4.78, 5) is 12.4. The Balaban J connectivity index is 0.00000261. The van der Waals surface area contributed by atoms with Gasteiger partial charge in [-0.2, -0.15) is 0 Å². The van der Waals surface area contributed by atoms with Crippen molar-refractivity contribution in [2.45, 2.75) is 37.2 Å². The van der Waals surface area contributed by atoms with Crippen molar-refractivity contribution in [3.63, 3.8) is 0 Å². The molecule has 0 radical (unpaired) electrons. The van der Waals surface area contributed by atoms with E-state index in [0.29, 0.717) is 12.3 Å². The Bertz CT molecular complexity index is 879. The largest absolute Gasteiger partial charge is 0.359 e. The highest BCUT2D eigenvalue weighted by atomic mass is 35.5. The zero-order valence-electron chi connectivity index (χ0n) is 14.9. The van der Waals surface area contributed by atoms with E-state index in [2.05, 4.69) is 20.5 Å². The summed E-state index contributed by atoms with van der Waals surface area (Å²) >= 11 is 0. The number of rotatable bonds is 7. The summed E-state index contributed by atoms with van der Waals surface area (Å²) in [6, 6.07) is 7.63. The maximum atomic E-state index is 12.5. The van der Waals surface area contributed by atoms with Gasteiger partial charge in [-0.3, -0.25) is 4.79 Å². The molecule has 0 unspecified atom stereocenters. The maximum absolute atomic E-state index is 12.5. The fourth-order valence-corrected chi connectivity index (χ4v) is 4.04. The van der Waals surface area contributed by atoms with E-state index in [1.807, 2.05) is 6.92 Å². The molecule has 148 valence electrons. The van der Waals surface area contributed by atoms with Crippen LogP contribution in [-0.2, 0) is 23.0 Å². The summed E-state index contributed by atoms with van der Waals surface area (Å²) in [5, 5.41) is 9.68. The molecule has 3 N–H and O–H groups in total. The van der Waals surface area contributed by atoms with Crippen LogP contribution in [0.3, 0.4) is 0 Å². The average molecular weight is 415 g/mol. The van der Waals surface area contributed by atoms with Gasteiger partial charge in [0.25, 0.3) is 5.91 Å². The Hall–Kier alpha value is -1.94. The third-order valence-corrected chi connectivity index (χ3v) is 5.70. The van der Waals surface area contributed by atoms with E-state index in [1.165, 1.54) is 12.1 Å². The highest BCUT2D eigenvalue weighted by molar-refractivity contribution is 7.89. The number of nitrogens with zero attached hydrogens (tertiary/aromatic N) is 1. The van der Waals surface area contributed by atoms with Crippen LogP contribution in [0, 0.1) is 0 Å². The molecular weight excluding hydrogens is 392 g/mol. The van der Waals surface area contributed by atoms with Gasteiger partial charge in [0.05, 0.1) is 17.1 Å². The third-order valence-electron chi connectivity index (χ3n) is 4.18. The zero-order valence-corrected chi connectivity index (χ0v) is 16.5. The molecule has 1 atom stereocenters. The van der Waals surface area contributed by atoms with Gasteiger partial charge in [-0.1, -0.05) is 18.1 Å². The van der Waals surface area contributed by atoms with Gasteiger partial charge in [-0.05, 0) is 37.6 Å². The number of amides is 1. The number of sulfonamides is 1. The molecule has 8 nitrogen and oxygen atoms in total. The Morgan fingerprint density at radius 3 is 2.85 bits per heavy atom. The first-order valence-corrected chi connectivity index (χ1v) is 10.0. The van der Waals surface area contributed by atoms with E-state index in [9.17, 15) is 13.2 Å². The van der Waals surface area contributed by atoms with Crippen LogP contribution in [0.5, 0.6) is 0 Å². The number of aromatic nitrogens is 1. The molecule has 1 aromatic carbocycles. The van der Waals surface area contributed by atoms with Crippen molar-refractivity contribution in [2.75, 3.05) is 13.1 Å². The van der Waals surface area contributed by atoms with Crippen molar-refractivity contribution in [1.82, 2.24) is 20.5 Å². The molecular formula is C17H23ClN4O4S. The molecule has 10 heteroatoms. The third kappa shape index (κ3) is 5.52. The lowest BCUT2D eigenvalue weighted by atomic mass is 10.2. The van der Waals surface area contributed by atoms with Crippen LogP contribution in [0.4, 0.5) is 0 Å². The Morgan fingerprint density at radius 2 is 2.19 bits per heavy atom. The van der Waals surface area contributed by atoms with Gasteiger partial charge in [0.2, 0.25) is 10.0 Å². The number of nitrogens with one attached hydrogen (secondary N) is 3. The van der Waals surface area contributed by atoms with E-state index in [-0.39, 0.29) is 41.4 Å². The first kappa shape index (κ1) is 21.4. The maximum Gasteiger partial charge on any atom is 0.251 e. The normalized spacial score (nSPS) is 16.7. The van der Waals surface area contributed by atoms with Crippen molar-refractivity contribution < 1.29 is 17.7 Å². The molecule has 27 heavy (non-hydrogen) atoms. The molecule has 2 aromatic rings. The molecule has 1 saturated heterocycles. The average Bonchev–Trinajstić information content (AvgIpc) is 3.31. The van der Waals surface area contributed by atoms with Gasteiger partial charge < -0.3 is 15.2 Å². The number of carbonyl (C=O) groups is 1. The fraction of sp³-hybridized carbons (Fsp3) is 0.412. The SMILES string of the molecule is CCc1cc(CNC(=O)c2cccc(S(=O)(=O)N[C@@H]3CCNC3)c2)on1.Cl. The summed E-state index contributed by atoms with van der Waals surface area (Å²) in [5.41, 5.74) is 1.09. The van der Waals surface area contributed by atoms with E-state index >= 15 is 0 Å². The Labute approximate surface area is 164 Å². The standard InChI is InChI=1S/C17H22N4O4S.ClH/c1-2-13-9-15(25-20-13)11-19-17(22)12-4-3-5-16(8-12)26(23,24)21-14-6-7-18-10-14;/h3-5,8-9,14,18,21H,2,6-7,10-11H2,1H3,(H,19,22);1H/t14-;/m1./s1. The number of carbonyl (C=O) groups excluding carboxylic acids is 1. The number of aryl methyl sites for hydroxylation is 1. The van der Waals surface area contributed by atoms with Gasteiger partial charge in [0.15, 0.2) is 5.76 Å². The summed E-state index contributed by atoms with van der Waals surface area (Å²) in [6.45, 7) is 3.55. The smallest absolute Gasteiger partial charge is 0.251 e. The van der Waals surface area contributed by atoms with Crippen molar-refractivity contribution in [3.05, 3.63) is 47.3 Å². The van der Waals surface area contributed by atoms with Gasteiger partial charge in [-0.15, -0.1) is 12.4 Å². The molecule has 0 spiro atoms. The minimum absolute atomic E-state index is 0. The minimum Gasteiger partial charge on any atom is -0.359 e. The van der Waals surface area contributed by atoms with Crippen molar-refractivity contribution in [2.24, 2.45) is 0 Å². The number of halogens is 1. The lowest BCUT2D eigenvalue weighted by Gasteiger charge is -2.12. The van der Waals surface area contributed by atoms with Gasteiger partial charge in [-0.25, -0.2) is 13.1 Å². The monoisotopic (exact) mass is 414 g/mol. The first-order chi connectivity index (χ1) is 12.5. The van der Waals surface area contributed by atoms with Crippen LogP contribution in [-0.4, -0.2) is 38.6 Å². The van der Waals surface area contributed by atoms with E-state index < -0.39 is 10.0 Å². The predicted molar refractivity (Wildman–Crippen MR) is 102 cm³/mol. The molecule has 0 aliphatic carbocycles. The molecule has 0 saturated carbocycles. The first-order valence-electron chi connectivity index (χ1n) is 8.53. The molecule has 1 fully saturated rings. The van der Waals surface area contributed by atoms with Gasteiger partial charge >= 0.3 is 0 Å². The lowest BCUT2D eigenvalue weighted by molar-refractivity contribution is 0.0947. The van der Waals surface area contributed by atoms with Crippen LogP contribution >= 0.6 is 12.4 Å². The van der Waals surface area contributed by atoms with Gasteiger partial charge in [0, 0.05) is 24.2 Å². The Kier molecular flexibility index (Phi) is 7.37. The minimum atomic E-state index is -3.67. The van der Waals surface area contributed by atoms with E-state index in [4.69, 9.17) is 4.52 Å². The number of benzene rings is 1. The molecule has 2 heterocycles. The molecule has 3 rings (SSSR count). The molecule has 0 bridgehead atoms. The Morgan fingerprint density at radius 1 is 1.37 bits per heavy atom. The molecule has 1 amide bonds. The predicted octanol–water partition coefficient (Wildman–Crippen LogP) is 1.23. The number of hydrogen-bond donors (Lipinski definition) is 3. The topological polar surface area (TPSA) is 113 Å². The van der Waals surface area contributed by atoms with Crippen LogP contribution in [0.2, 0.25) is 0 Å². The second-order valence-electron chi connectivity index (χ2n) is 6.16. The quantitative estimate of drug-likeness (QED) is 0.628. The molecule has 1 aliphatic rings.